The third-order valence-electron chi connectivity index (χ3n) is 6.40. The maximum Gasteiger partial charge on any atom is 0.407 e. The van der Waals surface area contributed by atoms with Gasteiger partial charge in [0.25, 0.3) is 0 Å². The highest BCUT2D eigenvalue weighted by molar-refractivity contribution is 7.98. The monoisotopic (exact) mass is 518 g/mol. The zero-order chi connectivity index (χ0) is 26.2. The number of amides is 2. The first-order valence-corrected chi connectivity index (χ1v) is 13.5. The first-order chi connectivity index (χ1) is 18.0. The van der Waals surface area contributed by atoms with Gasteiger partial charge >= 0.3 is 12.1 Å². The fraction of sp³-hybridized carbons (Fsp3) is 0.276. The van der Waals surface area contributed by atoms with E-state index in [1.807, 2.05) is 73.0 Å². The fourth-order valence-corrected chi connectivity index (χ4v) is 5.15. The molecule has 8 heteroatoms. The lowest BCUT2D eigenvalue weighted by Crippen LogP contribution is -2.50. The van der Waals surface area contributed by atoms with Crippen LogP contribution in [0.1, 0.15) is 29.0 Å². The van der Waals surface area contributed by atoms with Gasteiger partial charge in [-0.3, -0.25) is 9.59 Å². The van der Waals surface area contributed by atoms with E-state index in [0.717, 1.165) is 27.8 Å². The van der Waals surface area contributed by atoms with Crippen LogP contribution in [0.3, 0.4) is 0 Å². The number of nitrogens with one attached hydrogen (secondary N) is 1. The van der Waals surface area contributed by atoms with Gasteiger partial charge in [-0.15, -0.1) is 0 Å². The minimum absolute atomic E-state index is 0.0971. The van der Waals surface area contributed by atoms with Crippen molar-refractivity contribution < 1.29 is 24.2 Å². The first-order valence-electron chi connectivity index (χ1n) is 12.1. The van der Waals surface area contributed by atoms with Crippen LogP contribution in [0.25, 0.3) is 11.1 Å². The Morgan fingerprint density at radius 2 is 1.54 bits per heavy atom. The molecule has 0 aliphatic heterocycles. The molecule has 0 spiro atoms. The molecule has 1 aliphatic carbocycles. The van der Waals surface area contributed by atoms with E-state index in [2.05, 4.69) is 17.4 Å². The van der Waals surface area contributed by atoms with Crippen LogP contribution in [-0.4, -0.2) is 59.2 Å². The molecule has 0 fully saturated rings. The van der Waals surface area contributed by atoms with Crippen molar-refractivity contribution in [3.8, 4) is 11.1 Å². The molecule has 2 N–H and O–H groups in total. The summed E-state index contributed by atoms with van der Waals surface area (Å²) in [6, 6.07) is 24.4. The van der Waals surface area contributed by atoms with Gasteiger partial charge in [0.05, 0.1) is 0 Å². The van der Waals surface area contributed by atoms with E-state index < -0.39 is 30.6 Å². The van der Waals surface area contributed by atoms with Crippen molar-refractivity contribution in [3.05, 3.63) is 95.6 Å². The second-order valence-electron chi connectivity index (χ2n) is 8.88. The van der Waals surface area contributed by atoms with E-state index in [1.165, 1.54) is 4.90 Å². The van der Waals surface area contributed by atoms with Gasteiger partial charge < -0.3 is 20.1 Å². The highest BCUT2D eigenvalue weighted by Gasteiger charge is 2.31. The van der Waals surface area contributed by atoms with E-state index in [4.69, 9.17) is 4.74 Å². The number of carbonyl (C=O) groups is 3. The lowest BCUT2D eigenvalue weighted by Gasteiger charge is -2.27. The largest absolute Gasteiger partial charge is 0.480 e. The van der Waals surface area contributed by atoms with E-state index >= 15 is 0 Å². The molecule has 0 saturated heterocycles. The summed E-state index contributed by atoms with van der Waals surface area (Å²) in [5.41, 5.74) is 5.27. The molecule has 0 heterocycles. The molecule has 37 heavy (non-hydrogen) atoms. The molecule has 3 aromatic rings. The first kappa shape index (κ1) is 26.3. The average Bonchev–Trinajstić information content (AvgIpc) is 3.23. The van der Waals surface area contributed by atoms with E-state index in [1.54, 1.807) is 11.8 Å². The van der Waals surface area contributed by atoms with Crippen LogP contribution in [0.15, 0.2) is 78.9 Å². The number of aliphatic carboxylic acids is 1. The molecule has 0 saturated carbocycles. The molecule has 1 unspecified atom stereocenters. The van der Waals surface area contributed by atoms with Crippen molar-refractivity contribution >= 4 is 29.7 Å². The number of carboxylic acids is 1. The van der Waals surface area contributed by atoms with E-state index in [9.17, 15) is 19.5 Å². The zero-order valence-corrected chi connectivity index (χ0v) is 21.4. The van der Waals surface area contributed by atoms with Crippen LogP contribution < -0.4 is 5.32 Å². The van der Waals surface area contributed by atoms with Crippen molar-refractivity contribution in [1.82, 2.24) is 10.2 Å². The summed E-state index contributed by atoms with van der Waals surface area (Å²) in [5, 5.41) is 12.1. The Labute approximate surface area is 220 Å². The van der Waals surface area contributed by atoms with Gasteiger partial charge in [0, 0.05) is 12.5 Å². The van der Waals surface area contributed by atoms with Crippen LogP contribution in [0, 0.1) is 0 Å². The number of carbonyl (C=O) groups excluding carboxylic acids is 2. The molecule has 4 rings (SSSR count). The number of hydrogen-bond acceptors (Lipinski definition) is 5. The van der Waals surface area contributed by atoms with Crippen LogP contribution in [0.5, 0.6) is 0 Å². The Bertz CT molecular complexity index is 1200. The average molecular weight is 519 g/mol. The molecule has 1 aliphatic rings. The molecule has 7 nitrogen and oxygen atoms in total. The number of rotatable bonds is 11. The fourth-order valence-electron chi connectivity index (χ4n) is 4.67. The van der Waals surface area contributed by atoms with Gasteiger partial charge in [-0.25, -0.2) is 4.79 Å². The quantitative estimate of drug-likeness (QED) is 0.380. The van der Waals surface area contributed by atoms with Gasteiger partial charge in [-0.1, -0.05) is 78.9 Å². The number of thioether (sulfide) groups is 1. The number of benzene rings is 3. The number of hydrogen-bond donors (Lipinski definition) is 2. The SMILES string of the molecule is CSCCC(NC(=O)OCC1c2ccccc2-c2ccccc21)C(=O)N(CC(=O)O)Cc1ccccc1. The van der Waals surface area contributed by atoms with Crippen LogP contribution in [0.4, 0.5) is 4.79 Å². The lowest BCUT2D eigenvalue weighted by molar-refractivity contribution is -0.145. The lowest BCUT2D eigenvalue weighted by atomic mass is 9.98. The smallest absolute Gasteiger partial charge is 0.407 e. The third-order valence-corrected chi connectivity index (χ3v) is 7.04. The Morgan fingerprint density at radius 3 is 2.14 bits per heavy atom. The minimum Gasteiger partial charge on any atom is -0.480 e. The number of ether oxygens (including phenoxy) is 1. The molecular weight excluding hydrogens is 488 g/mol. The Kier molecular flexibility index (Phi) is 8.85. The normalized spacial score (nSPS) is 12.8. The van der Waals surface area contributed by atoms with Gasteiger partial charge in [0.1, 0.15) is 19.2 Å². The molecular formula is C29H30N2O5S. The Balaban J connectivity index is 1.45. The third kappa shape index (κ3) is 6.51. The highest BCUT2D eigenvalue weighted by atomic mass is 32.2. The second-order valence-corrected chi connectivity index (χ2v) is 9.86. The molecule has 3 aromatic carbocycles. The summed E-state index contributed by atoms with van der Waals surface area (Å²) in [6.45, 7) is -0.198. The number of nitrogens with zero attached hydrogens (tertiary/aromatic N) is 1. The molecule has 2 amide bonds. The summed E-state index contributed by atoms with van der Waals surface area (Å²) >= 11 is 1.54. The van der Waals surface area contributed by atoms with Crippen LogP contribution in [-0.2, 0) is 20.9 Å². The highest BCUT2D eigenvalue weighted by Crippen LogP contribution is 2.44. The maximum atomic E-state index is 13.4. The van der Waals surface area contributed by atoms with Gasteiger partial charge in [-0.2, -0.15) is 11.8 Å². The zero-order valence-electron chi connectivity index (χ0n) is 20.6. The standard InChI is InChI=1S/C29H30N2O5S/c1-37-16-15-26(28(34)31(18-27(32)33)17-20-9-3-2-4-10-20)30-29(35)36-19-25-23-13-7-5-11-21(23)22-12-6-8-14-24(22)25/h2-14,25-26H,15-19H2,1H3,(H,30,35)(H,32,33). The molecule has 0 bridgehead atoms. The van der Waals surface area contributed by atoms with Crippen molar-refractivity contribution in [2.75, 3.05) is 25.2 Å². The van der Waals surface area contributed by atoms with Gasteiger partial charge in [-0.05, 0) is 46.2 Å². The van der Waals surface area contributed by atoms with Crippen molar-refractivity contribution in [2.45, 2.75) is 24.9 Å². The summed E-state index contributed by atoms with van der Waals surface area (Å²) in [6.07, 6.45) is 1.57. The summed E-state index contributed by atoms with van der Waals surface area (Å²) in [4.78, 5) is 39.0. The second kappa shape index (κ2) is 12.5. The minimum atomic E-state index is -1.12. The molecule has 192 valence electrons. The number of fused-ring (bicyclic) bond motifs is 3. The Morgan fingerprint density at radius 1 is 0.946 bits per heavy atom. The molecule has 1 atom stereocenters. The summed E-state index contributed by atoms with van der Waals surface area (Å²) in [5.74, 6) is -1.05. The summed E-state index contributed by atoms with van der Waals surface area (Å²) < 4.78 is 5.64. The van der Waals surface area contributed by atoms with Crippen LogP contribution in [0.2, 0.25) is 0 Å². The van der Waals surface area contributed by atoms with Crippen molar-refractivity contribution in [2.24, 2.45) is 0 Å². The number of alkyl carbamates (subject to hydrolysis) is 1. The maximum absolute atomic E-state index is 13.4. The predicted octanol–water partition coefficient (Wildman–Crippen LogP) is 4.76. The Hall–Kier alpha value is -3.78. The van der Waals surface area contributed by atoms with Gasteiger partial charge in [0.2, 0.25) is 5.91 Å². The van der Waals surface area contributed by atoms with Crippen molar-refractivity contribution in [1.29, 1.82) is 0 Å². The van der Waals surface area contributed by atoms with Crippen molar-refractivity contribution in [3.63, 3.8) is 0 Å². The van der Waals surface area contributed by atoms with E-state index in [-0.39, 0.29) is 19.1 Å². The van der Waals surface area contributed by atoms with E-state index in [0.29, 0.717) is 12.2 Å². The summed E-state index contributed by atoms with van der Waals surface area (Å²) in [7, 11) is 0. The van der Waals surface area contributed by atoms with Gasteiger partial charge in [0.15, 0.2) is 0 Å². The molecule has 0 aromatic heterocycles. The predicted molar refractivity (Wildman–Crippen MR) is 144 cm³/mol. The van der Waals surface area contributed by atoms with Crippen LogP contribution >= 0.6 is 11.8 Å². The topological polar surface area (TPSA) is 95.9 Å². The number of carboxylic acid groups (broad SMARTS) is 1. The molecule has 0 radical (unpaired) electrons.